The Morgan fingerprint density at radius 1 is 1.13 bits per heavy atom. The second-order valence-corrected chi connectivity index (χ2v) is 9.04. The van der Waals surface area contributed by atoms with E-state index in [0.29, 0.717) is 5.92 Å². The molecule has 1 N–H and O–H groups in total. The smallest absolute Gasteiger partial charge is 0.143 e. The number of hydrogen-bond acceptors (Lipinski definition) is 5. The van der Waals surface area contributed by atoms with Crippen molar-refractivity contribution in [3.63, 3.8) is 0 Å². The normalized spacial score (nSPS) is 20.0. The van der Waals surface area contributed by atoms with Crippen molar-refractivity contribution in [3.05, 3.63) is 47.4 Å². The molecule has 3 aromatic rings. The third kappa shape index (κ3) is 3.82. The first-order chi connectivity index (χ1) is 15.0. The van der Waals surface area contributed by atoms with E-state index in [2.05, 4.69) is 70.3 Å². The molecule has 4 heterocycles. The number of likely N-dealkylation sites (N-methyl/N-ethyl adjacent to an activating group) is 1. The maximum absolute atomic E-state index is 6.29. The van der Waals surface area contributed by atoms with Crippen LogP contribution in [-0.2, 0) is 7.05 Å². The fourth-order valence-corrected chi connectivity index (χ4v) is 5.12. The van der Waals surface area contributed by atoms with Gasteiger partial charge in [-0.2, -0.15) is 10.2 Å². The van der Waals surface area contributed by atoms with Crippen molar-refractivity contribution >= 4 is 5.69 Å². The number of fused-ring (bicyclic) bond motifs is 1. The van der Waals surface area contributed by atoms with Crippen LogP contribution in [0.2, 0.25) is 0 Å². The van der Waals surface area contributed by atoms with Gasteiger partial charge in [0.2, 0.25) is 0 Å². The van der Waals surface area contributed by atoms with E-state index in [1.54, 1.807) is 0 Å². The Kier molecular flexibility index (Phi) is 5.22. The molecule has 7 heteroatoms. The number of ether oxygens (including phenoxy) is 1. The molecular formula is C24H32N6O. The zero-order chi connectivity index (χ0) is 21.5. The van der Waals surface area contributed by atoms with Gasteiger partial charge in [0.25, 0.3) is 0 Å². The molecule has 1 atom stereocenters. The second kappa shape index (κ2) is 8.04. The molecule has 0 aliphatic carbocycles. The lowest BCUT2D eigenvalue weighted by Crippen LogP contribution is -2.47. The van der Waals surface area contributed by atoms with Crippen LogP contribution >= 0.6 is 0 Å². The summed E-state index contributed by atoms with van der Waals surface area (Å²) in [4.78, 5) is 4.86. The average Bonchev–Trinajstić information content (AvgIpc) is 3.33. The highest BCUT2D eigenvalue weighted by atomic mass is 16.5. The Hall–Kier alpha value is -2.80. The van der Waals surface area contributed by atoms with Crippen molar-refractivity contribution < 1.29 is 4.74 Å². The van der Waals surface area contributed by atoms with Crippen molar-refractivity contribution in [3.8, 4) is 17.0 Å². The third-order valence-corrected chi connectivity index (χ3v) is 6.90. The Morgan fingerprint density at radius 2 is 1.90 bits per heavy atom. The van der Waals surface area contributed by atoms with Gasteiger partial charge in [0.15, 0.2) is 0 Å². The number of hydrogen-bond donors (Lipinski definition) is 1. The summed E-state index contributed by atoms with van der Waals surface area (Å²) in [6, 6.07) is 10.6. The van der Waals surface area contributed by atoms with E-state index in [9.17, 15) is 0 Å². The van der Waals surface area contributed by atoms with Gasteiger partial charge in [-0.1, -0.05) is 12.1 Å². The van der Waals surface area contributed by atoms with E-state index >= 15 is 0 Å². The van der Waals surface area contributed by atoms with Crippen LogP contribution < -0.4 is 9.64 Å². The summed E-state index contributed by atoms with van der Waals surface area (Å²) in [5.74, 6) is 1.53. The van der Waals surface area contributed by atoms with Gasteiger partial charge in [0.05, 0.1) is 23.6 Å². The number of piperidine rings is 1. The highest BCUT2D eigenvalue weighted by molar-refractivity contribution is 5.65. The number of aromatic amines is 1. The van der Waals surface area contributed by atoms with Crippen molar-refractivity contribution in [2.75, 3.05) is 38.1 Å². The van der Waals surface area contributed by atoms with Crippen molar-refractivity contribution in [1.82, 2.24) is 24.9 Å². The van der Waals surface area contributed by atoms with Gasteiger partial charge >= 0.3 is 0 Å². The van der Waals surface area contributed by atoms with Crippen LogP contribution in [0.1, 0.15) is 35.8 Å². The van der Waals surface area contributed by atoms with E-state index in [1.807, 2.05) is 17.8 Å². The number of H-pyrrole nitrogens is 1. The first kappa shape index (κ1) is 20.1. The fourth-order valence-electron chi connectivity index (χ4n) is 5.12. The van der Waals surface area contributed by atoms with Gasteiger partial charge in [0, 0.05) is 43.5 Å². The van der Waals surface area contributed by atoms with Crippen LogP contribution in [0.3, 0.4) is 0 Å². The number of rotatable bonds is 4. The molecule has 7 nitrogen and oxygen atoms in total. The number of anilines is 1. The summed E-state index contributed by atoms with van der Waals surface area (Å²) < 4.78 is 8.22. The minimum Gasteiger partial charge on any atom is -0.485 e. The van der Waals surface area contributed by atoms with Gasteiger partial charge in [-0.15, -0.1) is 0 Å². The van der Waals surface area contributed by atoms with Crippen LogP contribution in [0.4, 0.5) is 5.69 Å². The first-order valence-corrected chi connectivity index (χ1v) is 11.2. The second-order valence-electron chi connectivity index (χ2n) is 9.04. The van der Waals surface area contributed by atoms with E-state index in [0.717, 1.165) is 67.4 Å². The van der Waals surface area contributed by atoms with Crippen molar-refractivity contribution in [1.29, 1.82) is 0 Å². The summed E-state index contributed by atoms with van der Waals surface area (Å²) >= 11 is 0. The molecule has 164 valence electrons. The first-order valence-electron chi connectivity index (χ1n) is 11.2. The molecule has 1 saturated heterocycles. The summed E-state index contributed by atoms with van der Waals surface area (Å²) in [7, 11) is 4.14. The van der Waals surface area contributed by atoms with Gasteiger partial charge in [0.1, 0.15) is 11.9 Å². The Labute approximate surface area is 184 Å². The highest BCUT2D eigenvalue weighted by Crippen LogP contribution is 2.34. The molecule has 0 amide bonds. The monoisotopic (exact) mass is 420 g/mol. The lowest BCUT2D eigenvalue weighted by molar-refractivity contribution is 0.112. The number of para-hydroxylation sites is 2. The third-order valence-electron chi connectivity index (χ3n) is 6.90. The predicted molar refractivity (Wildman–Crippen MR) is 123 cm³/mol. The number of likely N-dealkylation sites (tertiary alicyclic amines) is 1. The van der Waals surface area contributed by atoms with Gasteiger partial charge < -0.3 is 9.64 Å². The van der Waals surface area contributed by atoms with Crippen molar-refractivity contribution in [2.24, 2.45) is 7.05 Å². The van der Waals surface area contributed by atoms with Crippen LogP contribution in [0, 0.1) is 13.8 Å². The Balaban J connectivity index is 1.19. The maximum Gasteiger partial charge on any atom is 0.143 e. The highest BCUT2D eigenvalue weighted by Gasteiger charge is 2.28. The predicted octanol–water partition coefficient (Wildman–Crippen LogP) is 3.50. The molecule has 2 aromatic heterocycles. The van der Waals surface area contributed by atoms with Gasteiger partial charge in [-0.3, -0.25) is 14.7 Å². The SMILES string of the molecule is Cc1nn(C)c(C)c1-c1cc(C2CCN(C[C@@H]3CN(C)c4ccccc4O3)CC2)[nH]n1. The molecule has 31 heavy (non-hydrogen) atoms. The minimum absolute atomic E-state index is 0.215. The molecule has 0 bridgehead atoms. The molecular weight excluding hydrogens is 388 g/mol. The minimum atomic E-state index is 0.215. The zero-order valence-corrected chi connectivity index (χ0v) is 18.9. The average molecular weight is 421 g/mol. The van der Waals surface area contributed by atoms with Crippen LogP contribution in [0.5, 0.6) is 5.75 Å². The van der Waals surface area contributed by atoms with E-state index in [1.165, 1.54) is 11.4 Å². The number of aromatic nitrogens is 4. The lowest BCUT2D eigenvalue weighted by Gasteiger charge is -2.38. The molecule has 2 aliphatic rings. The van der Waals surface area contributed by atoms with Gasteiger partial charge in [-0.05, 0) is 58.0 Å². The molecule has 0 radical (unpaired) electrons. The number of nitrogens with zero attached hydrogens (tertiary/aromatic N) is 5. The van der Waals surface area contributed by atoms with Crippen LogP contribution in [0.25, 0.3) is 11.3 Å². The van der Waals surface area contributed by atoms with Crippen molar-refractivity contribution in [2.45, 2.75) is 38.7 Å². The summed E-state index contributed by atoms with van der Waals surface area (Å²) in [5, 5.41) is 12.5. The molecule has 5 rings (SSSR count). The molecule has 1 fully saturated rings. The van der Waals surface area contributed by atoms with Gasteiger partial charge in [-0.25, -0.2) is 0 Å². The lowest BCUT2D eigenvalue weighted by atomic mass is 9.93. The summed E-state index contributed by atoms with van der Waals surface area (Å²) in [5.41, 5.74) is 6.79. The topological polar surface area (TPSA) is 62.2 Å². The quantitative estimate of drug-likeness (QED) is 0.700. The summed E-state index contributed by atoms with van der Waals surface area (Å²) in [6.07, 6.45) is 2.50. The molecule has 0 spiro atoms. The largest absolute Gasteiger partial charge is 0.485 e. The number of nitrogens with one attached hydrogen (secondary N) is 1. The van der Waals surface area contributed by atoms with E-state index < -0.39 is 0 Å². The molecule has 1 aromatic carbocycles. The zero-order valence-electron chi connectivity index (χ0n) is 18.9. The molecule has 0 saturated carbocycles. The molecule has 0 unspecified atom stereocenters. The standard InChI is InChI=1S/C24H32N6O/c1-16-24(17(2)29(4)27-16)21-13-20(25-26-21)18-9-11-30(12-10-18)15-19-14-28(3)22-7-5-6-8-23(22)31-19/h5-8,13,18-19H,9-12,14-15H2,1-4H3,(H,25,26)/t19-/m0/s1. The number of benzene rings is 1. The fraction of sp³-hybridized carbons (Fsp3) is 0.500. The Bertz CT molecular complexity index is 1060. The van der Waals surface area contributed by atoms with Crippen LogP contribution in [0.15, 0.2) is 30.3 Å². The number of aryl methyl sites for hydroxylation is 2. The van der Waals surface area contributed by atoms with E-state index in [4.69, 9.17) is 4.74 Å². The Morgan fingerprint density at radius 3 is 2.65 bits per heavy atom. The van der Waals surface area contributed by atoms with E-state index in [-0.39, 0.29) is 6.10 Å². The molecule has 2 aliphatic heterocycles. The maximum atomic E-state index is 6.29. The van der Waals surface area contributed by atoms with Crippen LogP contribution in [-0.4, -0.2) is 64.2 Å². The summed E-state index contributed by atoms with van der Waals surface area (Å²) in [6.45, 7) is 8.26.